The second-order valence-electron chi connectivity index (χ2n) is 5.38. The van der Waals surface area contributed by atoms with Gasteiger partial charge in [-0.3, -0.25) is 19.7 Å². The lowest BCUT2D eigenvalue weighted by atomic mass is 10.2. The van der Waals surface area contributed by atoms with Crippen molar-refractivity contribution in [2.45, 2.75) is 13.3 Å². The Morgan fingerprint density at radius 1 is 1.09 bits per heavy atom. The maximum atomic E-state index is 12.1. The molecular weight excluding hydrogens is 290 g/mol. The van der Waals surface area contributed by atoms with E-state index in [1.54, 1.807) is 37.1 Å². The van der Waals surface area contributed by atoms with Crippen molar-refractivity contribution in [3.8, 4) is 22.5 Å². The minimum absolute atomic E-state index is 0.0975. The Kier molecular flexibility index (Phi) is 3.08. The molecule has 4 rings (SSSR count). The highest BCUT2D eigenvalue weighted by molar-refractivity contribution is 5.96. The lowest BCUT2D eigenvalue weighted by Gasteiger charge is -2.05. The normalized spacial score (nSPS) is 11.2. The van der Waals surface area contributed by atoms with Gasteiger partial charge in [0.25, 0.3) is 0 Å². The van der Waals surface area contributed by atoms with Crippen molar-refractivity contribution in [3.63, 3.8) is 0 Å². The number of rotatable bonds is 4. The average Bonchev–Trinajstić information content (AvgIpc) is 3.02. The van der Waals surface area contributed by atoms with Crippen LogP contribution < -0.4 is 5.32 Å². The lowest BCUT2D eigenvalue weighted by molar-refractivity contribution is -0.115. The Balaban J connectivity index is 1.43. The fraction of sp³-hybridized carbons (Fsp3) is 0.118. The van der Waals surface area contributed by atoms with Crippen LogP contribution in [0.2, 0.25) is 0 Å². The quantitative estimate of drug-likeness (QED) is 0.626. The highest BCUT2D eigenvalue weighted by Gasteiger charge is 2.27. The van der Waals surface area contributed by atoms with Crippen molar-refractivity contribution in [1.82, 2.24) is 19.9 Å². The molecule has 112 valence electrons. The minimum atomic E-state index is -0.0975. The zero-order chi connectivity index (χ0) is 15.8. The molecule has 2 aromatic rings. The van der Waals surface area contributed by atoms with Gasteiger partial charge in [0.1, 0.15) is 5.82 Å². The Morgan fingerprint density at radius 3 is 2.65 bits per heavy atom. The summed E-state index contributed by atoms with van der Waals surface area (Å²) in [5, 5.41) is 2.80. The first-order chi connectivity index (χ1) is 11.2. The predicted molar refractivity (Wildman–Crippen MR) is 85.6 cm³/mol. The summed E-state index contributed by atoms with van der Waals surface area (Å²) in [6.45, 7) is 2.02. The van der Waals surface area contributed by atoms with Crippen LogP contribution in [0.15, 0.2) is 43.1 Å². The van der Waals surface area contributed by atoms with E-state index in [9.17, 15) is 4.79 Å². The van der Waals surface area contributed by atoms with E-state index in [0.717, 1.165) is 28.1 Å². The van der Waals surface area contributed by atoms with Crippen molar-refractivity contribution in [2.24, 2.45) is 0 Å². The number of carbonyl (C=O) groups is 1. The van der Waals surface area contributed by atoms with Gasteiger partial charge in [0.05, 0.1) is 24.0 Å². The van der Waals surface area contributed by atoms with Crippen LogP contribution in [0, 0.1) is 6.92 Å². The Bertz CT molecular complexity index is 891. The van der Waals surface area contributed by atoms with Crippen molar-refractivity contribution in [2.75, 3.05) is 5.32 Å². The van der Waals surface area contributed by atoms with Crippen LogP contribution in [0.3, 0.4) is 0 Å². The summed E-state index contributed by atoms with van der Waals surface area (Å²) in [6.07, 6.45) is 8.67. The maximum Gasteiger partial charge on any atom is 0.230 e. The molecule has 23 heavy (non-hydrogen) atoms. The molecule has 0 saturated carbocycles. The molecule has 1 aliphatic carbocycles. The largest absolute Gasteiger partial charge is 0.310 e. The number of hydrogen-bond acceptors (Lipinski definition) is 5. The van der Waals surface area contributed by atoms with Gasteiger partial charge in [0, 0.05) is 35.9 Å². The summed E-state index contributed by atoms with van der Waals surface area (Å²) in [5.74, 6) is 0.420. The molecule has 6 heteroatoms. The van der Waals surface area contributed by atoms with Crippen LogP contribution in [0.4, 0.5) is 5.82 Å². The number of nitrogens with zero attached hydrogens (tertiary/aromatic N) is 4. The second kappa shape index (κ2) is 5.24. The van der Waals surface area contributed by atoms with Gasteiger partial charge in [-0.05, 0) is 30.2 Å². The molecule has 2 aliphatic rings. The van der Waals surface area contributed by atoms with Gasteiger partial charge >= 0.3 is 0 Å². The van der Waals surface area contributed by atoms with Gasteiger partial charge in [-0.1, -0.05) is 0 Å². The number of amides is 1. The summed E-state index contributed by atoms with van der Waals surface area (Å²) in [7, 11) is 0. The number of pyridine rings is 2. The smallest absolute Gasteiger partial charge is 0.230 e. The highest BCUT2D eigenvalue weighted by Crippen LogP contribution is 2.42. The van der Waals surface area contributed by atoms with Crippen LogP contribution in [0.25, 0.3) is 22.5 Å². The van der Waals surface area contributed by atoms with Gasteiger partial charge in [-0.15, -0.1) is 0 Å². The molecule has 6 nitrogen and oxygen atoms in total. The van der Waals surface area contributed by atoms with E-state index < -0.39 is 0 Å². The molecular formula is C17H13N5O. The average molecular weight is 303 g/mol. The lowest BCUT2D eigenvalue weighted by Crippen LogP contribution is -2.15. The van der Waals surface area contributed by atoms with Crippen molar-refractivity contribution >= 4 is 11.7 Å². The molecule has 1 aliphatic heterocycles. The van der Waals surface area contributed by atoms with E-state index in [0.29, 0.717) is 12.2 Å². The third-order valence-corrected chi connectivity index (χ3v) is 3.82. The number of nitrogens with one attached hydrogen (secondary N) is 1. The van der Waals surface area contributed by atoms with E-state index in [-0.39, 0.29) is 5.91 Å². The number of hydrogen-bond donors (Lipinski definition) is 1. The molecule has 0 saturated heterocycles. The van der Waals surface area contributed by atoms with Crippen molar-refractivity contribution in [1.29, 1.82) is 0 Å². The number of fused-ring (bicyclic) bond motifs is 1. The molecule has 0 fully saturated rings. The summed E-state index contributed by atoms with van der Waals surface area (Å²) in [4.78, 5) is 28.8. The Morgan fingerprint density at radius 2 is 2.00 bits per heavy atom. The molecule has 0 unspecified atom stereocenters. The van der Waals surface area contributed by atoms with Crippen LogP contribution in [0.5, 0.6) is 0 Å². The molecule has 0 spiro atoms. The zero-order valence-corrected chi connectivity index (χ0v) is 12.4. The SMILES string of the molecule is Cc1c2ncc(CC(=O)Nc3ccc(-c4cnccn4)cn3)c1-2. The maximum absolute atomic E-state index is 12.1. The first-order valence-electron chi connectivity index (χ1n) is 7.23. The van der Waals surface area contributed by atoms with Crippen LogP contribution >= 0.6 is 0 Å². The fourth-order valence-electron chi connectivity index (χ4n) is 2.59. The summed E-state index contributed by atoms with van der Waals surface area (Å²) in [5.41, 5.74) is 5.96. The third kappa shape index (κ3) is 2.55. The summed E-state index contributed by atoms with van der Waals surface area (Å²) >= 11 is 0. The van der Waals surface area contributed by atoms with Crippen LogP contribution in [-0.4, -0.2) is 25.8 Å². The second-order valence-corrected chi connectivity index (χ2v) is 5.38. The predicted octanol–water partition coefficient (Wildman–Crippen LogP) is 2.40. The van der Waals surface area contributed by atoms with Gasteiger partial charge in [0.15, 0.2) is 0 Å². The van der Waals surface area contributed by atoms with E-state index in [2.05, 4.69) is 25.3 Å². The number of anilines is 1. The van der Waals surface area contributed by atoms with Crippen LogP contribution in [0.1, 0.15) is 11.1 Å². The summed E-state index contributed by atoms with van der Waals surface area (Å²) < 4.78 is 0. The monoisotopic (exact) mass is 303 g/mol. The molecule has 2 aromatic heterocycles. The topological polar surface area (TPSA) is 80.7 Å². The molecule has 0 bridgehead atoms. The van der Waals surface area contributed by atoms with Gasteiger partial charge in [-0.2, -0.15) is 0 Å². The zero-order valence-electron chi connectivity index (χ0n) is 12.4. The van der Waals surface area contributed by atoms with E-state index in [1.165, 1.54) is 5.56 Å². The molecule has 0 radical (unpaired) electrons. The van der Waals surface area contributed by atoms with Gasteiger partial charge < -0.3 is 5.32 Å². The number of aromatic nitrogens is 4. The third-order valence-electron chi connectivity index (χ3n) is 3.82. The van der Waals surface area contributed by atoms with E-state index in [4.69, 9.17) is 0 Å². The first-order valence-corrected chi connectivity index (χ1v) is 7.23. The molecule has 1 N–H and O–H groups in total. The van der Waals surface area contributed by atoms with Crippen molar-refractivity contribution in [3.05, 3.63) is 54.2 Å². The first kappa shape index (κ1) is 13.5. The molecule has 1 amide bonds. The molecule has 0 aromatic carbocycles. The molecule has 0 atom stereocenters. The Hall–Kier alpha value is -3.15. The minimum Gasteiger partial charge on any atom is -0.310 e. The fourth-order valence-corrected chi connectivity index (χ4v) is 2.59. The van der Waals surface area contributed by atoms with Crippen molar-refractivity contribution < 1.29 is 4.79 Å². The van der Waals surface area contributed by atoms with Gasteiger partial charge in [0.2, 0.25) is 5.91 Å². The van der Waals surface area contributed by atoms with Crippen LogP contribution in [-0.2, 0) is 11.2 Å². The highest BCUT2D eigenvalue weighted by atomic mass is 16.1. The number of carbonyl (C=O) groups excluding carboxylic acids is 1. The van der Waals surface area contributed by atoms with E-state index >= 15 is 0 Å². The molecule has 3 heterocycles. The number of aryl methyl sites for hydroxylation is 1. The standard InChI is InChI=1S/C17H13N5O/c1-10-16-12(8-21-17(10)16)6-15(23)22-14-3-2-11(7-20-14)13-9-18-4-5-19-13/h2-5,7-9H,6H2,1H3,(H,20,22,23). The Labute approximate surface area is 132 Å². The van der Waals surface area contributed by atoms with E-state index in [1.807, 2.05) is 13.0 Å². The summed E-state index contributed by atoms with van der Waals surface area (Å²) in [6, 6.07) is 3.62. The van der Waals surface area contributed by atoms with Gasteiger partial charge in [-0.25, -0.2) is 4.98 Å².